The quantitative estimate of drug-likeness (QED) is 0.938. The molecule has 118 valence electrons. The number of halogens is 1. The second-order valence-corrected chi connectivity index (χ2v) is 5.13. The highest BCUT2D eigenvalue weighted by Gasteiger charge is 2.25. The molecule has 1 aliphatic rings. The molecule has 1 unspecified atom stereocenters. The Morgan fingerprint density at radius 1 is 1.39 bits per heavy atom. The third-order valence-corrected chi connectivity index (χ3v) is 3.58. The molecular weight excluding hydrogens is 299 g/mol. The van der Waals surface area contributed by atoms with Crippen LogP contribution < -0.4 is 10.5 Å². The first-order valence-electron chi connectivity index (χ1n) is 7.06. The summed E-state index contributed by atoms with van der Waals surface area (Å²) >= 11 is 0. The van der Waals surface area contributed by atoms with Crippen molar-refractivity contribution in [1.82, 2.24) is 4.98 Å². The van der Waals surface area contributed by atoms with Crippen molar-refractivity contribution in [2.45, 2.75) is 12.3 Å². The molecule has 1 aromatic heterocycles. The van der Waals surface area contributed by atoms with Gasteiger partial charge < -0.3 is 14.9 Å². The summed E-state index contributed by atoms with van der Waals surface area (Å²) in [5.74, 6) is -0.0896. The van der Waals surface area contributed by atoms with Crippen LogP contribution in [-0.2, 0) is 0 Å². The van der Waals surface area contributed by atoms with E-state index in [-0.39, 0.29) is 35.5 Å². The van der Waals surface area contributed by atoms with Crippen LogP contribution >= 0.6 is 0 Å². The summed E-state index contributed by atoms with van der Waals surface area (Å²) in [6, 6.07) is 6.97. The van der Waals surface area contributed by atoms with Gasteiger partial charge in [-0.15, -0.1) is 0 Å². The van der Waals surface area contributed by atoms with Gasteiger partial charge in [0, 0.05) is 12.0 Å². The van der Waals surface area contributed by atoms with Crippen LogP contribution in [0.2, 0.25) is 0 Å². The highest BCUT2D eigenvalue weighted by molar-refractivity contribution is 5.96. The second kappa shape index (κ2) is 6.08. The van der Waals surface area contributed by atoms with E-state index in [0.717, 1.165) is 0 Å². The number of methoxy groups -OCH3 is 1. The van der Waals surface area contributed by atoms with Gasteiger partial charge in [-0.1, -0.05) is 12.2 Å². The number of amides is 1. The lowest BCUT2D eigenvalue weighted by molar-refractivity contribution is 0.0996. The van der Waals surface area contributed by atoms with Gasteiger partial charge >= 0.3 is 0 Å². The summed E-state index contributed by atoms with van der Waals surface area (Å²) in [5, 5.41) is 0. The van der Waals surface area contributed by atoms with E-state index in [4.69, 9.17) is 14.9 Å². The van der Waals surface area contributed by atoms with E-state index in [1.54, 1.807) is 43.5 Å². The largest absolute Gasteiger partial charge is 0.497 e. The van der Waals surface area contributed by atoms with Crippen LogP contribution in [0.15, 0.2) is 52.7 Å². The molecule has 0 saturated carbocycles. The van der Waals surface area contributed by atoms with Crippen LogP contribution in [0, 0.1) is 0 Å². The van der Waals surface area contributed by atoms with E-state index >= 15 is 0 Å². The van der Waals surface area contributed by atoms with Gasteiger partial charge in [0.2, 0.25) is 5.89 Å². The average molecular weight is 314 g/mol. The van der Waals surface area contributed by atoms with E-state index in [1.807, 2.05) is 0 Å². The van der Waals surface area contributed by atoms with Crippen LogP contribution in [-0.4, -0.2) is 18.0 Å². The molecule has 3 rings (SSSR count). The van der Waals surface area contributed by atoms with Crippen LogP contribution in [0.1, 0.15) is 28.7 Å². The van der Waals surface area contributed by atoms with Crippen molar-refractivity contribution in [3.63, 3.8) is 0 Å². The van der Waals surface area contributed by atoms with Gasteiger partial charge in [-0.2, -0.15) is 0 Å². The number of oxazole rings is 1. The third kappa shape index (κ3) is 3.01. The highest BCUT2D eigenvalue weighted by atomic mass is 19.1. The predicted octanol–water partition coefficient (Wildman–Crippen LogP) is 3.35. The maximum absolute atomic E-state index is 13.4. The summed E-state index contributed by atoms with van der Waals surface area (Å²) < 4.78 is 24.3. The van der Waals surface area contributed by atoms with Crippen molar-refractivity contribution in [3.05, 3.63) is 59.9 Å². The van der Waals surface area contributed by atoms with Crippen molar-refractivity contribution in [2.75, 3.05) is 7.11 Å². The number of primary amides is 1. The lowest BCUT2D eigenvalue weighted by atomic mass is 10.0. The van der Waals surface area contributed by atoms with Crippen molar-refractivity contribution in [2.24, 2.45) is 5.73 Å². The first-order chi connectivity index (χ1) is 11.1. The normalized spacial score (nSPS) is 17.0. The fourth-order valence-corrected chi connectivity index (χ4v) is 2.41. The number of ether oxygens (including phenoxy) is 1. The van der Waals surface area contributed by atoms with Gasteiger partial charge in [-0.25, -0.2) is 9.37 Å². The van der Waals surface area contributed by atoms with Gasteiger partial charge in [0.1, 0.15) is 11.6 Å². The lowest BCUT2D eigenvalue weighted by Gasteiger charge is -2.09. The van der Waals surface area contributed by atoms with Crippen molar-refractivity contribution < 1.29 is 18.3 Å². The average Bonchev–Trinajstić information content (AvgIpc) is 3.00. The number of benzene rings is 1. The summed E-state index contributed by atoms with van der Waals surface area (Å²) in [4.78, 5) is 15.8. The molecule has 0 aliphatic heterocycles. The topological polar surface area (TPSA) is 78.3 Å². The van der Waals surface area contributed by atoms with Gasteiger partial charge in [-0.05, 0) is 30.3 Å². The van der Waals surface area contributed by atoms with E-state index in [0.29, 0.717) is 11.3 Å². The van der Waals surface area contributed by atoms with Gasteiger partial charge in [0.05, 0.1) is 13.0 Å². The molecular formula is C17H15FN2O3. The molecule has 0 spiro atoms. The molecule has 0 saturated heterocycles. The van der Waals surface area contributed by atoms with Gasteiger partial charge in [-0.3, -0.25) is 4.79 Å². The minimum atomic E-state index is -0.693. The Morgan fingerprint density at radius 3 is 2.74 bits per heavy atom. The number of hydrogen-bond donors (Lipinski definition) is 1. The molecule has 1 aromatic carbocycles. The molecule has 2 aromatic rings. The summed E-state index contributed by atoms with van der Waals surface area (Å²) in [7, 11) is 1.56. The van der Waals surface area contributed by atoms with E-state index in [2.05, 4.69) is 4.98 Å². The second-order valence-electron chi connectivity index (χ2n) is 5.13. The number of aromatic nitrogens is 1. The van der Waals surface area contributed by atoms with Crippen LogP contribution in [0.25, 0.3) is 11.3 Å². The van der Waals surface area contributed by atoms with Crippen molar-refractivity contribution >= 4 is 5.91 Å². The minimum Gasteiger partial charge on any atom is -0.497 e. The number of carbonyl (C=O) groups is 1. The molecule has 23 heavy (non-hydrogen) atoms. The van der Waals surface area contributed by atoms with Crippen molar-refractivity contribution in [1.29, 1.82) is 0 Å². The molecule has 1 amide bonds. The van der Waals surface area contributed by atoms with Crippen LogP contribution in [0.5, 0.6) is 5.75 Å². The summed E-state index contributed by atoms with van der Waals surface area (Å²) in [5.41, 5.74) is 6.07. The molecule has 1 atom stereocenters. The molecule has 1 heterocycles. The fraction of sp³-hybridized carbons (Fsp3) is 0.176. The zero-order valence-electron chi connectivity index (χ0n) is 12.5. The van der Waals surface area contributed by atoms with Crippen LogP contribution in [0.4, 0.5) is 4.39 Å². The zero-order chi connectivity index (χ0) is 16.4. The molecule has 6 heteroatoms. The number of nitrogens with zero attached hydrogens (tertiary/aromatic N) is 1. The number of carbonyl (C=O) groups excluding carboxylic acids is 1. The number of hydrogen-bond acceptors (Lipinski definition) is 4. The van der Waals surface area contributed by atoms with Gasteiger partial charge in [0.15, 0.2) is 11.5 Å². The molecule has 1 aliphatic carbocycles. The first-order valence-corrected chi connectivity index (χ1v) is 7.06. The number of rotatable bonds is 4. The molecule has 2 N–H and O–H groups in total. The Balaban J connectivity index is 2.00. The Hall–Kier alpha value is -2.89. The first kappa shape index (κ1) is 15.0. The monoisotopic (exact) mass is 314 g/mol. The molecule has 5 nitrogen and oxygen atoms in total. The van der Waals surface area contributed by atoms with Gasteiger partial charge in [0.25, 0.3) is 5.91 Å². The third-order valence-electron chi connectivity index (χ3n) is 3.58. The smallest absolute Gasteiger partial charge is 0.271 e. The predicted molar refractivity (Wildman–Crippen MR) is 82.7 cm³/mol. The minimum absolute atomic E-state index is 0.0357. The van der Waals surface area contributed by atoms with E-state index in [1.165, 1.54) is 6.08 Å². The standard InChI is InChI=1S/C17H15FN2O3/c1-22-13-7-5-10(6-8-13)15-14(16(19)21)20-17(23-15)11-3-2-4-12(18)9-11/h2-8,11H,9H2,1H3,(H2,19,21). The molecule has 0 bridgehead atoms. The van der Waals surface area contributed by atoms with E-state index < -0.39 is 5.91 Å². The Kier molecular flexibility index (Phi) is 3.97. The Bertz CT molecular complexity index is 791. The summed E-state index contributed by atoms with van der Waals surface area (Å²) in [6.07, 6.45) is 4.91. The lowest BCUT2D eigenvalue weighted by Crippen LogP contribution is -2.13. The highest BCUT2D eigenvalue weighted by Crippen LogP contribution is 2.33. The Morgan fingerprint density at radius 2 is 2.13 bits per heavy atom. The molecule has 0 radical (unpaired) electrons. The SMILES string of the molecule is COc1ccc(-c2oc(C3C=CC=C(F)C3)nc2C(N)=O)cc1. The molecule has 0 fully saturated rings. The number of allylic oxidation sites excluding steroid dienone is 4. The Labute approximate surface area is 132 Å². The fourth-order valence-electron chi connectivity index (χ4n) is 2.41. The maximum Gasteiger partial charge on any atom is 0.271 e. The van der Waals surface area contributed by atoms with Crippen LogP contribution in [0.3, 0.4) is 0 Å². The summed E-state index contributed by atoms with van der Waals surface area (Å²) in [6.45, 7) is 0. The zero-order valence-corrected chi connectivity index (χ0v) is 12.5. The maximum atomic E-state index is 13.4. The van der Waals surface area contributed by atoms with E-state index in [9.17, 15) is 9.18 Å². The number of nitrogens with two attached hydrogens (primary N) is 1. The van der Waals surface area contributed by atoms with Crippen molar-refractivity contribution in [3.8, 4) is 17.1 Å².